The summed E-state index contributed by atoms with van der Waals surface area (Å²) >= 11 is 0. The molecule has 4 rings (SSSR count). The van der Waals surface area contributed by atoms with Crippen molar-refractivity contribution < 1.29 is 4.74 Å². The van der Waals surface area contributed by atoms with Gasteiger partial charge >= 0.3 is 0 Å². The van der Waals surface area contributed by atoms with Crippen LogP contribution in [0.2, 0.25) is 0 Å². The van der Waals surface area contributed by atoms with Gasteiger partial charge in [0.1, 0.15) is 29.3 Å². The molecule has 0 spiro atoms. The molecule has 0 fully saturated rings. The third-order valence-corrected chi connectivity index (χ3v) is 10.4. The summed E-state index contributed by atoms with van der Waals surface area (Å²) in [5, 5.41) is 16.8. The molecule has 0 aliphatic carbocycles. The molecule has 1 heterocycles. The lowest BCUT2D eigenvalue weighted by Gasteiger charge is -2.33. The molecular weight excluding hydrogens is 349 g/mol. The number of hydroxylamine groups is 1. The van der Waals surface area contributed by atoms with Crippen LogP contribution in [0.4, 0.5) is 0 Å². The summed E-state index contributed by atoms with van der Waals surface area (Å²) in [6.07, 6.45) is 4.43. The van der Waals surface area contributed by atoms with Crippen molar-refractivity contribution >= 4 is 29.4 Å². The number of nitrogens with zero attached hydrogens (tertiary/aromatic N) is 1. The summed E-state index contributed by atoms with van der Waals surface area (Å²) in [7, 11) is -1.97. The van der Waals surface area contributed by atoms with Crippen LogP contribution in [0.5, 0.6) is 0 Å². The summed E-state index contributed by atoms with van der Waals surface area (Å²) in [5.41, 5.74) is -0.380. The average Bonchev–Trinajstić information content (AvgIpc) is 3.06. The fourth-order valence-corrected chi connectivity index (χ4v) is 9.06. The van der Waals surface area contributed by atoms with Gasteiger partial charge in [-0.2, -0.15) is 0 Å². The standard InChI is InChI=1S/C24H25NOP/c1-24(18-11-19-25(24)26)20-27(21-12-5-2-6-13-21,22-14-7-3-8-15-22)23-16-9-4-10-17-23/h2-10,12-17,19H,11,18,20H2,1H3/q+1. The fraction of sp³-hybridized carbons (Fsp3) is 0.208. The maximum absolute atomic E-state index is 12.7. The van der Waals surface area contributed by atoms with Gasteiger partial charge in [0.05, 0.1) is 0 Å². The molecule has 2 nitrogen and oxygen atoms in total. The SMILES string of the molecule is CC1(C[P+](c2ccccc2)(c2ccccc2)c2ccccc2)CCC=[N+]1[O-]. The Kier molecular flexibility index (Phi) is 4.85. The Morgan fingerprint density at radius 1 is 0.778 bits per heavy atom. The Labute approximate surface area is 162 Å². The van der Waals surface area contributed by atoms with Crippen molar-refractivity contribution in [2.24, 2.45) is 0 Å². The fourth-order valence-electron chi connectivity index (χ4n) is 4.25. The van der Waals surface area contributed by atoms with Gasteiger partial charge in [-0.25, -0.2) is 4.74 Å². The highest BCUT2D eigenvalue weighted by Gasteiger charge is 2.54. The largest absolute Gasteiger partial charge is 0.624 e. The van der Waals surface area contributed by atoms with Crippen molar-refractivity contribution in [3.8, 4) is 0 Å². The first kappa shape index (κ1) is 17.9. The lowest BCUT2D eigenvalue weighted by atomic mass is 10.0. The summed E-state index contributed by atoms with van der Waals surface area (Å²) in [5.74, 6) is 0. The van der Waals surface area contributed by atoms with Gasteiger partial charge in [-0.05, 0) is 36.4 Å². The summed E-state index contributed by atoms with van der Waals surface area (Å²) in [4.78, 5) is 0. The molecule has 0 aromatic heterocycles. The van der Waals surface area contributed by atoms with Crippen LogP contribution in [-0.2, 0) is 0 Å². The Morgan fingerprint density at radius 3 is 1.52 bits per heavy atom. The molecular formula is C24H25NOP+. The van der Waals surface area contributed by atoms with E-state index in [1.165, 1.54) is 20.7 Å². The second-order valence-corrected chi connectivity index (χ2v) is 11.0. The van der Waals surface area contributed by atoms with Crippen molar-refractivity contribution in [1.29, 1.82) is 0 Å². The highest BCUT2D eigenvalue weighted by Crippen LogP contribution is 2.58. The van der Waals surface area contributed by atoms with E-state index in [4.69, 9.17) is 0 Å². The van der Waals surface area contributed by atoms with E-state index in [-0.39, 0.29) is 5.54 Å². The zero-order valence-corrected chi connectivity index (χ0v) is 16.6. The third kappa shape index (κ3) is 3.19. The lowest BCUT2D eigenvalue weighted by Crippen LogP contribution is -2.45. The van der Waals surface area contributed by atoms with E-state index in [1.807, 2.05) is 6.21 Å². The van der Waals surface area contributed by atoms with Crippen LogP contribution in [0.3, 0.4) is 0 Å². The minimum absolute atomic E-state index is 0.380. The van der Waals surface area contributed by atoms with Crippen LogP contribution >= 0.6 is 7.26 Å². The molecule has 3 heteroatoms. The average molecular weight is 374 g/mol. The number of hydrogen-bond acceptors (Lipinski definition) is 1. The van der Waals surface area contributed by atoms with Crippen LogP contribution in [-0.4, -0.2) is 22.7 Å². The normalized spacial score (nSPS) is 19.7. The van der Waals surface area contributed by atoms with Gasteiger partial charge in [0.2, 0.25) is 5.54 Å². The number of rotatable bonds is 5. The van der Waals surface area contributed by atoms with Gasteiger partial charge in [0.25, 0.3) is 0 Å². The van der Waals surface area contributed by atoms with Crippen LogP contribution in [0.25, 0.3) is 0 Å². The van der Waals surface area contributed by atoms with E-state index in [2.05, 4.69) is 97.9 Å². The Bertz CT molecular complexity index is 828. The Balaban J connectivity index is 1.99. The van der Waals surface area contributed by atoms with E-state index in [1.54, 1.807) is 0 Å². The van der Waals surface area contributed by atoms with Crippen LogP contribution in [0.1, 0.15) is 19.8 Å². The Hall–Kier alpha value is -2.44. The molecule has 0 bridgehead atoms. The van der Waals surface area contributed by atoms with Gasteiger partial charge in [-0.1, -0.05) is 54.6 Å². The van der Waals surface area contributed by atoms with E-state index in [0.29, 0.717) is 0 Å². The summed E-state index contributed by atoms with van der Waals surface area (Å²) in [6, 6.07) is 32.4. The first-order chi connectivity index (χ1) is 13.2. The van der Waals surface area contributed by atoms with E-state index in [9.17, 15) is 5.21 Å². The van der Waals surface area contributed by atoms with Gasteiger partial charge in [0, 0.05) is 19.8 Å². The summed E-state index contributed by atoms with van der Waals surface area (Å²) in [6.45, 7) is 2.13. The molecule has 0 saturated heterocycles. The number of benzene rings is 3. The maximum atomic E-state index is 12.7. The minimum Gasteiger partial charge on any atom is -0.624 e. The lowest BCUT2D eigenvalue weighted by molar-refractivity contribution is -0.525. The third-order valence-electron chi connectivity index (χ3n) is 5.68. The molecule has 1 aliphatic rings. The summed E-state index contributed by atoms with van der Waals surface area (Å²) < 4.78 is 1.22. The van der Waals surface area contributed by atoms with E-state index < -0.39 is 7.26 Å². The number of hydrogen-bond donors (Lipinski definition) is 0. The van der Waals surface area contributed by atoms with Gasteiger partial charge in [-0.3, -0.25) is 0 Å². The molecule has 0 N–H and O–H groups in total. The second-order valence-electron chi connectivity index (χ2n) is 7.52. The van der Waals surface area contributed by atoms with E-state index in [0.717, 1.165) is 19.0 Å². The molecule has 3 aromatic rings. The molecule has 1 atom stereocenters. The zero-order chi connectivity index (χ0) is 18.7. The molecule has 1 unspecified atom stereocenters. The monoisotopic (exact) mass is 374 g/mol. The smallest absolute Gasteiger partial charge is 0.204 e. The molecule has 136 valence electrons. The first-order valence-corrected chi connectivity index (χ1v) is 11.5. The quantitative estimate of drug-likeness (QED) is 0.375. The van der Waals surface area contributed by atoms with Crippen LogP contribution < -0.4 is 15.9 Å². The molecule has 0 radical (unpaired) electrons. The molecule has 0 amide bonds. The predicted octanol–water partition coefficient (Wildman–Crippen LogP) is 4.11. The van der Waals surface area contributed by atoms with Crippen molar-refractivity contribution in [2.45, 2.75) is 25.3 Å². The van der Waals surface area contributed by atoms with Crippen LogP contribution in [0.15, 0.2) is 91.0 Å². The second kappa shape index (κ2) is 7.29. The van der Waals surface area contributed by atoms with Crippen molar-refractivity contribution in [3.05, 3.63) is 96.2 Å². The van der Waals surface area contributed by atoms with Gasteiger partial charge in [-0.15, -0.1) is 0 Å². The highest BCUT2D eigenvalue weighted by molar-refractivity contribution is 7.95. The first-order valence-electron chi connectivity index (χ1n) is 9.50. The van der Waals surface area contributed by atoms with Crippen molar-refractivity contribution in [2.75, 3.05) is 6.16 Å². The topological polar surface area (TPSA) is 26.1 Å². The zero-order valence-electron chi connectivity index (χ0n) is 15.7. The molecule has 1 aliphatic heterocycles. The molecule has 27 heavy (non-hydrogen) atoms. The maximum Gasteiger partial charge on any atom is 0.204 e. The minimum atomic E-state index is -1.97. The Morgan fingerprint density at radius 2 is 1.19 bits per heavy atom. The van der Waals surface area contributed by atoms with Crippen molar-refractivity contribution in [1.82, 2.24) is 0 Å². The van der Waals surface area contributed by atoms with E-state index >= 15 is 0 Å². The molecule has 3 aromatic carbocycles. The van der Waals surface area contributed by atoms with Crippen LogP contribution in [0, 0.1) is 5.21 Å². The molecule has 0 saturated carbocycles. The van der Waals surface area contributed by atoms with Gasteiger partial charge in [0.15, 0.2) is 6.21 Å². The highest BCUT2D eigenvalue weighted by atomic mass is 31.2. The predicted molar refractivity (Wildman–Crippen MR) is 117 cm³/mol. The van der Waals surface area contributed by atoms with Crippen molar-refractivity contribution in [3.63, 3.8) is 0 Å². The van der Waals surface area contributed by atoms with Gasteiger partial charge < -0.3 is 5.21 Å².